The number of ether oxygens (including phenoxy) is 4. The van der Waals surface area contributed by atoms with Crippen LogP contribution < -0.4 is 21.3 Å². The molecule has 0 aliphatic carbocycles. The van der Waals surface area contributed by atoms with Gasteiger partial charge in [-0.15, -0.1) is 0 Å². The monoisotopic (exact) mass is 973 g/mol. The van der Waals surface area contributed by atoms with Crippen molar-refractivity contribution in [1.82, 2.24) is 31.1 Å². The van der Waals surface area contributed by atoms with Gasteiger partial charge < -0.3 is 55.1 Å². The highest BCUT2D eigenvalue weighted by atomic mass is 16.6. The van der Waals surface area contributed by atoms with Crippen LogP contribution in [0.25, 0.3) is 0 Å². The molecule has 0 fully saturated rings. The average Bonchev–Trinajstić information content (AvgIpc) is 3.31. The summed E-state index contributed by atoms with van der Waals surface area (Å²) in [5.41, 5.74) is 1.72. The zero-order valence-corrected chi connectivity index (χ0v) is 43.2. The molecule has 0 spiro atoms. The van der Waals surface area contributed by atoms with E-state index >= 15 is 0 Å². The second-order valence-electron chi connectivity index (χ2n) is 17.9. The number of likely N-dealkylation sites (N-methyl/N-ethyl adjacent to an activating group) is 2. The number of alkyl carbamates (subject to hydrolysis) is 1. The summed E-state index contributed by atoms with van der Waals surface area (Å²) < 4.78 is 22.0. The average molecular weight is 973 g/mol. The molecular weight excluding hydrogens is 893 g/mol. The summed E-state index contributed by atoms with van der Waals surface area (Å²) in [6.45, 7) is 20.3. The summed E-state index contributed by atoms with van der Waals surface area (Å²) in [6.07, 6.45) is 0.663. The molecule has 0 aliphatic heterocycles. The van der Waals surface area contributed by atoms with E-state index in [0.29, 0.717) is 17.6 Å². The van der Waals surface area contributed by atoms with Crippen molar-refractivity contribution in [2.45, 2.75) is 145 Å². The summed E-state index contributed by atoms with van der Waals surface area (Å²) in [5, 5.41) is 19.4. The fraction of sp³-hybridized carbons (Fsp3) is 0.640. The summed E-state index contributed by atoms with van der Waals surface area (Å²) in [7, 11) is 2.83. The van der Waals surface area contributed by atoms with Gasteiger partial charge in [-0.25, -0.2) is 14.4 Å². The van der Waals surface area contributed by atoms with Gasteiger partial charge in [0.1, 0.15) is 36.4 Å². The fourth-order valence-corrected chi connectivity index (χ4v) is 6.82. The van der Waals surface area contributed by atoms with Crippen molar-refractivity contribution in [1.29, 1.82) is 0 Å². The summed E-state index contributed by atoms with van der Waals surface area (Å²) >= 11 is 0. The molecule has 69 heavy (non-hydrogen) atoms. The van der Waals surface area contributed by atoms with Gasteiger partial charge in [-0.3, -0.25) is 24.0 Å². The van der Waals surface area contributed by atoms with Gasteiger partial charge in [0.15, 0.2) is 6.10 Å². The molecule has 5 N–H and O–H groups in total. The summed E-state index contributed by atoms with van der Waals surface area (Å²) in [5.74, 6) is -5.58. The lowest BCUT2D eigenvalue weighted by atomic mass is 9.93. The zero-order valence-electron chi connectivity index (χ0n) is 43.2. The first kappa shape index (κ1) is 61.2. The van der Waals surface area contributed by atoms with Crippen LogP contribution in [0.1, 0.15) is 101 Å². The second kappa shape index (κ2) is 31.3. The first-order chi connectivity index (χ1) is 32.4. The van der Waals surface area contributed by atoms with E-state index in [-0.39, 0.29) is 45.1 Å². The molecule has 0 saturated heterocycles. The van der Waals surface area contributed by atoms with Crippen molar-refractivity contribution in [3.63, 3.8) is 0 Å². The third kappa shape index (κ3) is 21.2. The van der Waals surface area contributed by atoms with Gasteiger partial charge in [0, 0.05) is 38.6 Å². The molecule has 0 aromatic heterocycles. The number of carbonyl (C=O) groups excluding carboxylic acids is 8. The van der Waals surface area contributed by atoms with E-state index in [1.807, 2.05) is 20.8 Å². The van der Waals surface area contributed by atoms with E-state index in [2.05, 4.69) is 21.3 Å². The van der Waals surface area contributed by atoms with Crippen LogP contribution in [0.4, 0.5) is 4.79 Å². The standard InChI is InChI=1S/C50H80N6O13/c1-15-31(6)42(45(60)53-36(11)49(64)69-43(32(7)16-2)34(9)37(12)67-50(65)51-23-25-66-26-24-57)54-41(58)29-55(13)47(62)39(28-38-21-19-18-20-22-38)56(14)46(61)35(10)52-44(59)40(27-30(4)5)68-48(63)33(8)17-3/h16-22,30-31,34-37,39-40,42-43,57H,15,23-29H2,1-14H3,(H,51,65)(H,52,59)(H,53,60)(H,54,58)/b32-16+,33-17+/t31?,34-,35-,36+,37-,39+,40+,42-,43+/m0/s1. The number of esters is 2. The second-order valence-corrected chi connectivity index (χ2v) is 17.9. The van der Waals surface area contributed by atoms with Crippen LogP contribution in [-0.4, -0.2) is 152 Å². The largest absolute Gasteiger partial charge is 0.456 e. The molecule has 19 nitrogen and oxygen atoms in total. The Hall–Kier alpha value is -5.82. The molecule has 6 amide bonds. The van der Waals surface area contributed by atoms with Crippen molar-refractivity contribution >= 4 is 47.6 Å². The topological polar surface area (TPSA) is 248 Å². The van der Waals surface area contributed by atoms with Crippen LogP contribution in [0, 0.1) is 17.8 Å². The molecular formula is C50H80N6O13. The fourth-order valence-electron chi connectivity index (χ4n) is 6.82. The zero-order chi connectivity index (χ0) is 52.5. The predicted octanol–water partition coefficient (Wildman–Crippen LogP) is 3.62. The van der Waals surface area contributed by atoms with E-state index in [9.17, 15) is 38.4 Å². The molecule has 0 heterocycles. The van der Waals surface area contributed by atoms with Gasteiger partial charge in [0.2, 0.25) is 23.6 Å². The molecule has 1 aromatic carbocycles. The molecule has 0 saturated carbocycles. The number of nitrogens with one attached hydrogen (secondary N) is 4. The van der Waals surface area contributed by atoms with Crippen molar-refractivity contribution in [3.05, 3.63) is 59.2 Å². The predicted molar refractivity (Wildman–Crippen MR) is 260 cm³/mol. The Morgan fingerprint density at radius 3 is 1.96 bits per heavy atom. The minimum Gasteiger partial charge on any atom is -0.456 e. The number of amides is 6. The highest BCUT2D eigenvalue weighted by Crippen LogP contribution is 2.23. The van der Waals surface area contributed by atoms with E-state index in [1.165, 1.54) is 32.8 Å². The summed E-state index contributed by atoms with van der Waals surface area (Å²) in [4.78, 5) is 110. The Balaban J connectivity index is 3.18. The molecule has 1 unspecified atom stereocenters. The molecule has 0 aliphatic rings. The molecule has 0 bridgehead atoms. The number of allylic oxidation sites excluding steroid dienone is 2. The number of aliphatic hydroxyl groups excluding tert-OH is 1. The smallest absolute Gasteiger partial charge is 0.407 e. The number of benzene rings is 1. The Labute approximate surface area is 408 Å². The molecule has 1 aromatic rings. The molecule has 388 valence electrons. The Kier molecular flexibility index (Phi) is 27.8. The highest BCUT2D eigenvalue weighted by molar-refractivity contribution is 5.96. The van der Waals surface area contributed by atoms with Crippen LogP contribution in [0.5, 0.6) is 0 Å². The number of rotatable bonds is 29. The summed E-state index contributed by atoms with van der Waals surface area (Å²) in [6, 6.07) is 4.40. The van der Waals surface area contributed by atoms with Crippen molar-refractivity contribution in [2.24, 2.45) is 17.8 Å². The van der Waals surface area contributed by atoms with Crippen LogP contribution in [0.2, 0.25) is 0 Å². The van der Waals surface area contributed by atoms with Crippen LogP contribution in [0.3, 0.4) is 0 Å². The maximum absolute atomic E-state index is 14.2. The number of aliphatic hydroxyl groups is 1. The lowest BCUT2D eigenvalue weighted by Crippen LogP contribution is -2.57. The van der Waals surface area contributed by atoms with Gasteiger partial charge in [-0.2, -0.15) is 0 Å². The van der Waals surface area contributed by atoms with Gasteiger partial charge >= 0.3 is 18.0 Å². The molecule has 1 rings (SSSR count). The van der Waals surface area contributed by atoms with Gasteiger partial charge in [0.05, 0.1) is 26.4 Å². The first-order valence-corrected chi connectivity index (χ1v) is 23.7. The number of hydrogen-bond acceptors (Lipinski definition) is 13. The number of hydrogen-bond donors (Lipinski definition) is 5. The lowest BCUT2D eigenvalue weighted by Gasteiger charge is -2.33. The van der Waals surface area contributed by atoms with Gasteiger partial charge in [0.25, 0.3) is 5.91 Å². The highest BCUT2D eigenvalue weighted by Gasteiger charge is 2.37. The third-order valence-electron chi connectivity index (χ3n) is 11.8. The Morgan fingerprint density at radius 2 is 1.39 bits per heavy atom. The van der Waals surface area contributed by atoms with Crippen LogP contribution in [0.15, 0.2) is 53.6 Å². The Morgan fingerprint density at radius 1 is 0.768 bits per heavy atom. The van der Waals surface area contributed by atoms with Gasteiger partial charge in [-0.05, 0) is 77.9 Å². The first-order valence-electron chi connectivity index (χ1n) is 23.7. The third-order valence-corrected chi connectivity index (χ3v) is 11.8. The van der Waals surface area contributed by atoms with Crippen molar-refractivity contribution in [3.8, 4) is 0 Å². The van der Waals surface area contributed by atoms with E-state index in [0.717, 1.165) is 10.5 Å². The minimum atomic E-state index is -1.17. The maximum atomic E-state index is 14.2. The van der Waals surface area contributed by atoms with E-state index in [4.69, 9.17) is 24.1 Å². The molecule has 9 atom stereocenters. The van der Waals surface area contributed by atoms with Crippen LogP contribution >= 0.6 is 0 Å². The minimum absolute atomic E-state index is 0.0211. The number of nitrogens with zero attached hydrogens (tertiary/aromatic N) is 2. The van der Waals surface area contributed by atoms with Gasteiger partial charge in [-0.1, -0.05) is 83.5 Å². The van der Waals surface area contributed by atoms with Crippen molar-refractivity contribution < 1.29 is 62.4 Å². The SMILES string of the molecule is C/C=C(\C)C(=O)O[C@H](CC(C)C)C(=O)N[C@@H](C)C(=O)N(C)[C@H](Cc1ccccc1)C(=O)N(C)CC(=O)N[C@H](C(=O)N[C@H](C)C(=O)O[C@H](/C(C)=C/C)[C@@H](C)[C@H](C)OC(=O)NCCOCCO)C(C)CC. The normalized spacial score (nSPS) is 15.7. The Bertz CT molecular complexity index is 1910. The quantitative estimate of drug-likeness (QED) is 0.0254. The lowest BCUT2D eigenvalue weighted by molar-refractivity contribution is -0.154. The molecule has 0 radical (unpaired) electrons. The number of carbonyl (C=O) groups is 8. The molecule has 19 heteroatoms. The van der Waals surface area contributed by atoms with Crippen LogP contribution in [-0.2, 0) is 58.9 Å². The van der Waals surface area contributed by atoms with E-state index < -0.39 is 108 Å². The van der Waals surface area contributed by atoms with E-state index in [1.54, 1.807) is 91.0 Å². The van der Waals surface area contributed by atoms with Crippen molar-refractivity contribution in [2.75, 3.05) is 47.0 Å². The maximum Gasteiger partial charge on any atom is 0.407 e.